The molecule has 0 fully saturated rings. The number of benzene rings is 1. The zero-order valence-corrected chi connectivity index (χ0v) is 10.8. The van der Waals surface area contributed by atoms with Crippen LogP contribution in [-0.4, -0.2) is 27.9 Å². The van der Waals surface area contributed by atoms with Gasteiger partial charge >= 0.3 is 0 Å². The summed E-state index contributed by atoms with van der Waals surface area (Å²) in [6.07, 6.45) is 0. The summed E-state index contributed by atoms with van der Waals surface area (Å²) < 4.78 is 25.8. The molecule has 18 heavy (non-hydrogen) atoms. The van der Waals surface area contributed by atoms with Crippen LogP contribution in [-0.2, 0) is 14.8 Å². The molecule has 0 saturated carbocycles. The van der Waals surface area contributed by atoms with Gasteiger partial charge in [-0.3, -0.25) is 4.79 Å². The maximum absolute atomic E-state index is 11.8. The van der Waals surface area contributed by atoms with Crippen molar-refractivity contribution in [3.05, 3.63) is 29.3 Å². The number of carbonyl (C=O) groups excluding carboxylic acids is 1. The smallest absolute Gasteiger partial charge is 0.241 e. The highest BCUT2D eigenvalue weighted by molar-refractivity contribution is 7.89. The van der Waals surface area contributed by atoms with Crippen molar-refractivity contribution >= 4 is 15.9 Å². The number of hydrogen-bond donors (Lipinski definition) is 2. The van der Waals surface area contributed by atoms with Gasteiger partial charge in [0.05, 0.1) is 23.1 Å². The van der Waals surface area contributed by atoms with Crippen molar-refractivity contribution in [2.45, 2.75) is 11.8 Å². The summed E-state index contributed by atoms with van der Waals surface area (Å²) in [5, 5.41) is 11.1. The van der Waals surface area contributed by atoms with Gasteiger partial charge in [0.1, 0.15) is 0 Å². The second-order valence-electron chi connectivity index (χ2n) is 3.59. The predicted molar refractivity (Wildman–Crippen MR) is 65.1 cm³/mol. The molecule has 2 N–H and O–H groups in total. The zero-order chi connectivity index (χ0) is 13.8. The molecule has 6 nitrogen and oxygen atoms in total. The summed E-state index contributed by atoms with van der Waals surface area (Å²) in [6, 6.07) is 6.11. The van der Waals surface area contributed by atoms with Gasteiger partial charge in [0.15, 0.2) is 0 Å². The van der Waals surface area contributed by atoms with E-state index in [0.717, 1.165) is 0 Å². The Morgan fingerprint density at radius 1 is 1.44 bits per heavy atom. The Labute approximate surface area is 106 Å². The Bertz CT molecular complexity index is 602. The fourth-order valence-corrected chi connectivity index (χ4v) is 2.33. The summed E-state index contributed by atoms with van der Waals surface area (Å²) in [7, 11) is -2.31. The van der Waals surface area contributed by atoms with Crippen molar-refractivity contribution in [2.75, 3.05) is 13.6 Å². The van der Waals surface area contributed by atoms with Crippen LogP contribution in [0.25, 0.3) is 0 Å². The molecule has 0 atom stereocenters. The zero-order valence-electron chi connectivity index (χ0n) is 10.0. The molecule has 1 aromatic carbocycles. The Morgan fingerprint density at radius 2 is 2.11 bits per heavy atom. The lowest BCUT2D eigenvalue weighted by Crippen LogP contribution is -2.35. The van der Waals surface area contributed by atoms with Crippen LogP contribution < -0.4 is 10.0 Å². The number of hydrogen-bond acceptors (Lipinski definition) is 4. The highest BCUT2D eigenvalue weighted by Gasteiger charge is 2.15. The number of nitrogens with one attached hydrogen (secondary N) is 2. The fourth-order valence-electron chi connectivity index (χ4n) is 1.26. The molecule has 0 aliphatic carbocycles. The van der Waals surface area contributed by atoms with E-state index in [0.29, 0.717) is 11.1 Å². The molecular formula is C11H13N3O3S. The fraction of sp³-hybridized carbons (Fsp3) is 0.273. The first-order chi connectivity index (χ1) is 8.40. The minimum atomic E-state index is -3.73. The van der Waals surface area contributed by atoms with Crippen LogP contribution in [0.3, 0.4) is 0 Å². The number of rotatable bonds is 4. The van der Waals surface area contributed by atoms with Crippen molar-refractivity contribution < 1.29 is 13.2 Å². The monoisotopic (exact) mass is 267 g/mol. The van der Waals surface area contributed by atoms with Gasteiger partial charge in [-0.25, -0.2) is 13.1 Å². The van der Waals surface area contributed by atoms with Crippen LogP contribution in [0, 0.1) is 18.3 Å². The number of amides is 1. The molecule has 1 amide bonds. The van der Waals surface area contributed by atoms with Gasteiger partial charge in [0.2, 0.25) is 15.9 Å². The van der Waals surface area contributed by atoms with E-state index < -0.39 is 15.9 Å². The molecule has 0 aliphatic rings. The van der Waals surface area contributed by atoms with Gasteiger partial charge in [-0.2, -0.15) is 5.26 Å². The Morgan fingerprint density at radius 3 is 2.61 bits per heavy atom. The van der Waals surface area contributed by atoms with Crippen molar-refractivity contribution in [1.82, 2.24) is 10.0 Å². The molecule has 0 aromatic heterocycles. The topological polar surface area (TPSA) is 99.1 Å². The van der Waals surface area contributed by atoms with Gasteiger partial charge in [-0.05, 0) is 30.7 Å². The molecule has 7 heteroatoms. The standard InChI is InChI=1S/C11H13N3O3S/c1-8-5-10(4-3-9(8)6-12)18(16,17)14-7-11(15)13-2/h3-5,14H,7H2,1-2H3,(H,13,15). The number of carbonyl (C=O) groups is 1. The number of nitrogens with zero attached hydrogens (tertiary/aromatic N) is 1. The van der Waals surface area contributed by atoms with Crippen LogP contribution in [0.1, 0.15) is 11.1 Å². The number of aryl methyl sites for hydroxylation is 1. The second-order valence-corrected chi connectivity index (χ2v) is 5.35. The Kier molecular flexibility index (Phi) is 4.42. The molecule has 0 spiro atoms. The average Bonchev–Trinajstić information content (AvgIpc) is 2.35. The first-order valence-corrected chi connectivity index (χ1v) is 6.60. The number of likely N-dealkylation sites (N-methyl/N-ethyl adjacent to an activating group) is 1. The first-order valence-electron chi connectivity index (χ1n) is 5.11. The SMILES string of the molecule is CNC(=O)CNS(=O)(=O)c1ccc(C#N)c(C)c1. The molecule has 96 valence electrons. The summed E-state index contributed by atoms with van der Waals surface area (Å²) in [5.74, 6) is -0.427. The Balaban J connectivity index is 2.96. The number of nitriles is 1. The summed E-state index contributed by atoms with van der Waals surface area (Å²) in [6.45, 7) is 1.33. The molecule has 0 bridgehead atoms. The van der Waals surface area contributed by atoms with E-state index in [2.05, 4.69) is 10.0 Å². The summed E-state index contributed by atoms with van der Waals surface area (Å²) >= 11 is 0. The van der Waals surface area contributed by atoms with E-state index in [-0.39, 0.29) is 11.4 Å². The summed E-state index contributed by atoms with van der Waals surface area (Å²) in [4.78, 5) is 11.0. The van der Waals surface area contributed by atoms with Crippen LogP contribution in [0.4, 0.5) is 0 Å². The lowest BCUT2D eigenvalue weighted by Gasteiger charge is -2.07. The van der Waals surface area contributed by atoms with Crippen molar-refractivity contribution in [3.63, 3.8) is 0 Å². The Hall–Kier alpha value is -1.91. The first kappa shape index (κ1) is 14.2. The lowest BCUT2D eigenvalue weighted by atomic mass is 10.1. The van der Waals surface area contributed by atoms with Crippen molar-refractivity contribution in [1.29, 1.82) is 5.26 Å². The molecule has 0 radical (unpaired) electrons. The van der Waals surface area contributed by atoms with Crippen molar-refractivity contribution in [2.24, 2.45) is 0 Å². The van der Waals surface area contributed by atoms with Gasteiger partial charge in [-0.1, -0.05) is 0 Å². The molecule has 1 rings (SSSR count). The molecule has 0 saturated heterocycles. The maximum Gasteiger partial charge on any atom is 0.241 e. The van der Waals surface area contributed by atoms with Gasteiger partial charge in [-0.15, -0.1) is 0 Å². The van der Waals surface area contributed by atoms with Gasteiger partial charge in [0, 0.05) is 7.05 Å². The molecule has 0 heterocycles. The van der Waals surface area contributed by atoms with Crippen LogP contribution in [0.15, 0.2) is 23.1 Å². The van der Waals surface area contributed by atoms with Crippen LogP contribution in [0.2, 0.25) is 0 Å². The second kappa shape index (κ2) is 5.62. The third-order valence-electron chi connectivity index (χ3n) is 2.33. The van der Waals surface area contributed by atoms with Crippen LogP contribution >= 0.6 is 0 Å². The van der Waals surface area contributed by atoms with Gasteiger partial charge in [0.25, 0.3) is 0 Å². The molecule has 1 aromatic rings. The van der Waals surface area contributed by atoms with Crippen LogP contribution in [0.5, 0.6) is 0 Å². The minimum absolute atomic E-state index is 0.0305. The van der Waals surface area contributed by atoms with E-state index in [1.54, 1.807) is 6.92 Å². The van der Waals surface area contributed by atoms with Crippen molar-refractivity contribution in [3.8, 4) is 6.07 Å². The van der Waals surface area contributed by atoms with E-state index >= 15 is 0 Å². The summed E-state index contributed by atoms with van der Waals surface area (Å²) in [5.41, 5.74) is 0.987. The predicted octanol–water partition coefficient (Wildman–Crippen LogP) is -0.109. The molecule has 0 aliphatic heterocycles. The van der Waals surface area contributed by atoms with E-state index in [9.17, 15) is 13.2 Å². The normalized spacial score (nSPS) is 10.7. The third-order valence-corrected chi connectivity index (χ3v) is 3.73. The highest BCUT2D eigenvalue weighted by Crippen LogP contribution is 2.14. The van der Waals surface area contributed by atoms with Gasteiger partial charge < -0.3 is 5.32 Å². The third kappa shape index (κ3) is 3.29. The number of sulfonamides is 1. The largest absolute Gasteiger partial charge is 0.358 e. The minimum Gasteiger partial charge on any atom is -0.358 e. The quantitative estimate of drug-likeness (QED) is 0.795. The molecule has 0 unspecified atom stereocenters. The maximum atomic E-state index is 11.8. The lowest BCUT2D eigenvalue weighted by molar-refractivity contribution is -0.119. The van der Waals surface area contributed by atoms with E-state index in [1.165, 1.54) is 25.2 Å². The average molecular weight is 267 g/mol. The van der Waals surface area contributed by atoms with E-state index in [4.69, 9.17) is 5.26 Å². The van der Waals surface area contributed by atoms with E-state index in [1.807, 2.05) is 6.07 Å². The highest BCUT2D eigenvalue weighted by atomic mass is 32.2. The molecular weight excluding hydrogens is 254 g/mol.